The van der Waals surface area contributed by atoms with Crippen molar-refractivity contribution in [2.75, 3.05) is 13.1 Å². The Labute approximate surface area is 226 Å². The van der Waals surface area contributed by atoms with Gasteiger partial charge in [-0.15, -0.1) is 0 Å². The predicted octanol–water partition coefficient (Wildman–Crippen LogP) is 7.03. The number of para-hydroxylation sites is 1. The fourth-order valence-corrected chi connectivity index (χ4v) is 5.94. The van der Waals surface area contributed by atoms with Gasteiger partial charge in [0.1, 0.15) is 5.69 Å². The van der Waals surface area contributed by atoms with Crippen molar-refractivity contribution in [2.24, 2.45) is 0 Å². The first-order valence-corrected chi connectivity index (χ1v) is 13.3. The van der Waals surface area contributed by atoms with Gasteiger partial charge in [0.2, 0.25) is 0 Å². The van der Waals surface area contributed by atoms with E-state index < -0.39 is 0 Å². The fourth-order valence-electron chi connectivity index (χ4n) is 5.11. The highest BCUT2D eigenvalue weighted by molar-refractivity contribution is 6.33. The summed E-state index contributed by atoms with van der Waals surface area (Å²) in [4.78, 5) is 21.0. The van der Waals surface area contributed by atoms with Crippen molar-refractivity contribution in [3.05, 3.63) is 91.8 Å². The van der Waals surface area contributed by atoms with Gasteiger partial charge in [0.25, 0.3) is 10.6 Å². The number of fused-ring (bicyclic) bond motifs is 1. The van der Waals surface area contributed by atoms with E-state index in [-0.39, 0.29) is 17.0 Å². The minimum Gasteiger partial charge on any atom is -0.298 e. The van der Waals surface area contributed by atoms with E-state index in [9.17, 15) is 4.79 Å². The monoisotopic (exact) mass is 540 g/mol. The molecule has 0 amide bonds. The van der Waals surface area contributed by atoms with Gasteiger partial charge in [0.05, 0.1) is 16.2 Å². The summed E-state index contributed by atoms with van der Waals surface area (Å²) < 4.78 is 1.63. The van der Waals surface area contributed by atoms with Crippen molar-refractivity contribution >= 4 is 34.1 Å². The maximum Gasteiger partial charge on any atom is 0.255 e. The van der Waals surface area contributed by atoms with E-state index in [4.69, 9.17) is 39.8 Å². The first-order valence-electron chi connectivity index (χ1n) is 12.2. The average Bonchev–Trinajstić information content (AvgIpc) is 2.84. The molecule has 1 aliphatic rings. The largest absolute Gasteiger partial charge is 0.298 e. The molecule has 2 aromatic heterocycles. The summed E-state index contributed by atoms with van der Waals surface area (Å²) >= 11 is 18.9. The Kier molecular flexibility index (Phi) is 6.90. The SMILES string of the molecule is CC(C)(C)N1CCC(c2cc3c(ccc(=O)n3-c3c(Cl)cccc3[ClH+])c(-c3ccccc3Cl)n2)CC1. The second-order valence-corrected chi connectivity index (χ2v) is 11.6. The summed E-state index contributed by atoms with van der Waals surface area (Å²) in [6.45, 7) is 8.76. The Morgan fingerprint density at radius 3 is 2.31 bits per heavy atom. The van der Waals surface area contributed by atoms with E-state index in [2.05, 4.69) is 25.7 Å². The van der Waals surface area contributed by atoms with Crippen LogP contribution in [0.25, 0.3) is 27.8 Å². The zero-order valence-electron chi connectivity index (χ0n) is 20.6. The highest BCUT2D eigenvalue weighted by Crippen LogP contribution is 2.38. The molecule has 0 radical (unpaired) electrons. The molecule has 4 nitrogen and oxygen atoms in total. The Morgan fingerprint density at radius 1 is 0.944 bits per heavy atom. The summed E-state index contributed by atoms with van der Waals surface area (Å²) in [5.41, 5.74) is 3.76. The van der Waals surface area contributed by atoms with Crippen molar-refractivity contribution in [3.8, 4) is 16.9 Å². The van der Waals surface area contributed by atoms with E-state index in [1.165, 1.54) is 0 Å². The van der Waals surface area contributed by atoms with Crippen LogP contribution in [0.5, 0.6) is 0 Å². The summed E-state index contributed by atoms with van der Waals surface area (Å²) in [7, 11) is 0. The fraction of sp³-hybridized carbons (Fsp3) is 0.310. The summed E-state index contributed by atoms with van der Waals surface area (Å²) in [5, 5.41) is 2.40. The maximum atomic E-state index is 13.3. The third kappa shape index (κ3) is 4.68. The molecule has 0 spiro atoms. The molecular formula is C29H29Cl3N3O+. The Morgan fingerprint density at radius 2 is 1.64 bits per heavy atom. The number of halogens is 3. The number of nitrogens with zero attached hydrogens (tertiary/aromatic N) is 3. The van der Waals surface area contributed by atoms with Gasteiger partial charge >= 0.3 is 0 Å². The molecule has 5 rings (SSSR count). The van der Waals surface area contributed by atoms with Crippen LogP contribution in [0.3, 0.4) is 0 Å². The molecule has 1 aliphatic heterocycles. The molecule has 2 aromatic carbocycles. The number of aromatic nitrogens is 2. The van der Waals surface area contributed by atoms with Crippen LogP contribution in [0.15, 0.2) is 65.5 Å². The van der Waals surface area contributed by atoms with E-state index in [1.54, 1.807) is 28.8 Å². The second kappa shape index (κ2) is 9.83. The van der Waals surface area contributed by atoms with Crippen LogP contribution in [-0.4, -0.2) is 33.1 Å². The van der Waals surface area contributed by atoms with Crippen LogP contribution in [-0.2, 0) is 0 Å². The molecule has 0 N–H and O–H groups in total. The first-order chi connectivity index (χ1) is 17.1. The number of rotatable bonds is 3. The van der Waals surface area contributed by atoms with Crippen LogP contribution in [0.2, 0.25) is 15.1 Å². The van der Waals surface area contributed by atoms with Gasteiger partial charge in [0, 0.05) is 45.3 Å². The summed E-state index contributed by atoms with van der Waals surface area (Å²) in [6, 6.07) is 18.5. The second-order valence-electron chi connectivity index (χ2n) is 10.3. The first kappa shape index (κ1) is 25.3. The number of pyridine rings is 2. The minimum absolute atomic E-state index is 0.134. The molecule has 7 heteroatoms. The highest BCUT2D eigenvalue weighted by Gasteiger charge is 2.29. The van der Waals surface area contributed by atoms with Crippen molar-refractivity contribution in [2.45, 2.75) is 45.1 Å². The minimum atomic E-state index is -0.188. The van der Waals surface area contributed by atoms with Gasteiger partial charge in [-0.2, -0.15) is 0 Å². The number of benzene rings is 2. The molecule has 0 unspecified atom stereocenters. The quantitative estimate of drug-likeness (QED) is 0.279. The topological polar surface area (TPSA) is 38.1 Å². The standard InChI is InChI=1S/C29H29Cl3N3O/c1-29(2,3)34-15-13-18(14-16-34)24-17-25-20(27(33-24)19-7-4-5-8-21(19)30)11-12-26(36)35(25)28-22(31)9-6-10-23(28)32/h4-12,17-18,31H,13-16H2,1-3H3/q+1. The molecule has 0 bridgehead atoms. The molecule has 0 aliphatic carbocycles. The maximum absolute atomic E-state index is 13.3. The van der Waals surface area contributed by atoms with Crippen LogP contribution < -0.4 is 5.56 Å². The molecule has 0 atom stereocenters. The van der Waals surface area contributed by atoms with E-state index in [0.717, 1.165) is 53.8 Å². The Bertz CT molecular complexity index is 1480. The molecule has 36 heavy (non-hydrogen) atoms. The lowest BCUT2D eigenvalue weighted by Gasteiger charge is -2.40. The van der Waals surface area contributed by atoms with Gasteiger partial charge in [-0.05, 0) is 71.0 Å². The number of likely N-dealkylation sites (tertiary alicyclic amines) is 1. The van der Waals surface area contributed by atoms with E-state index in [1.807, 2.05) is 36.4 Å². The molecular weight excluding hydrogens is 513 g/mol. The number of hydrogen-bond acceptors (Lipinski definition) is 3. The molecule has 1 fully saturated rings. The molecule has 186 valence electrons. The van der Waals surface area contributed by atoms with Crippen LogP contribution >= 0.6 is 23.2 Å². The Hall–Kier alpha value is -2.37. The van der Waals surface area contributed by atoms with Crippen molar-refractivity contribution in [1.29, 1.82) is 0 Å². The lowest BCUT2D eigenvalue weighted by Crippen LogP contribution is -2.45. The van der Waals surface area contributed by atoms with Gasteiger partial charge in [-0.25, -0.2) is 0 Å². The van der Waals surface area contributed by atoms with Gasteiger partial charge in [-0.3, -0.25) is 19.2 Å². The van der Waals surface area contributed by atoms with Crippen LogP contribution in [0, 0.1) is 11.6 Å². The van der Waals surface area contributed by atoms with Crippen molar-refractivity contribution < 1.29 is 11.6 Å². The third-order valence-electron chi connectivity index (χ3n) is 7.07. The van der Waals surface area contributed by atoms with E-state index in [0.29, 0.717) is 20.8 Å². The highest BCUT2D eigenvalue weighted by atomic mass is 35.5. The lowest BCUT2D eigenvalue weighted by molar-refractivity contribution is -0.288. The van der Waals surface area contributed by atoms with Gasteiger partial charge in [-0.1, -0.05) is 47.5 Å². The van der Waals surface area contributed by atoms with Crippen LogP contribution in [0.1, 0.15) is 45.2 Å². The van der Waals surface area contributed by atoms with Crippen molar-refractivity contribution in [3.63, 3.8) is 0 Å². The smallest absolute Gasteiger partial charge is 0.255 e. The number of hydrogen-bond donors (Lipinski definition) is 0. The number of piperidine rings is 1. The van der Waals surface area contributed by atoms with Gasteiger partial charge in [0.15, 0.2) is 11.6 Å². The summed E-state index contributed by atoms with van der Waals surface area (Å²) in [5.74, 6) is 0.271. The van der Waals surface area contributed by atoms with E-state index >= 15 is 0 Å². The normalized spacial score (nSPS) is 15.5. The molecule has 4 aromatic rings. The van der Waals surface area contributed by atoms with Crippen molar-refractivity contribution in [1.82, 2.24) is 14.5 Å². The zero-order chi connectivity index (χ0) is 25.6. The Balaban J connectivity index is 1.76. The molecule has 0 saturated carbocycles. The van der Waals surface area contributed by atoms with Crippen LogP contribution in [0.4, 0.5) is 0 Å². The lowest BCUT2D eigenvalue weighted by atomic mass is 9.89. The average molecular weight is 542 g/mol. The predicted molar refractivity (Wildman–Crippen MR) is 147 cm³/mol. The summed E-state index contributed by atoms with van der Waals surface area (Å²) in [6.07, 6.45) is 1.99. The third-order valence-corrected chi connectivity index (χ3v) is 8.04. The zero-order valence-corrected chi connectivity index (χ0v) is 22.9. The van der Waals surface area contributed by atoms with Gasteiger partial charge < -0.3 is 0 Å². The molecule has 1 saturated heterocycles. The molecule has 3 heterocycles.